The van der Waals surface area contributed by atoms with E-state index >= 15 is 0 Å². The smallest absolute Gasteiger partial charge is 0.227 e. The number of benzene rings is 2. The molecular weight excluding hydrogens is 474 g/mol. The molecule has 5 rings (SSSR count). The maximum absolute atomic E-state index is 13.1. The Morgan fingerprint density at radius 3 is 2.44 bits per heavy atom. The first-order chi connectivity index (χ1) is 17.5. The number of rotatable bonds is 8. The predicted octanol–water partition coefficient (Wildman–Crippen LogP) is 4.12. The van der Waals surface area contributed by atoms with Crippen molar-refractivity contribution in [3.8, 4) is 17.0 Å². The predicted molar refractivity (Wildman–Crippen MR) is 139 cm³/mol. The second-order valence-electron chi connectivity index (χ2n) is 8.65. The molecule has 4 aromatic rings. The lowest BCUT2D eigenvalue weighted by molar-refractivity contribution is 0.269. The van der Waals surface area contributed by atoms with Gasteiger partial charge in [0, 0.05) is 61.1 Å². The molecule has 0 spiro atoms. The van der Waals surface area contributed by atoms with E-state index in [2.05, 4.69) is 43.4 Å². The first kappa shape index (κ1) is 23.9. The van der Waals surface area contributed by atoms with Crippen molar-refractivity contribution in [2.75, 3.05) is 31.3 Å². The summed E-state index contributed by atoms with van der Waals surface area (Å²) in [4.78, 5) is 15.4. The highest BCUT2D eigenvalue weighted by molar-refractivity contribution is 7.91. The van der Waals surface area contributed by atoms with Gasteiger partial charge in [-0.25, -0.2) is 23.4 Å². The summed E-state index contributed by atoms with van der Waals surface area (Å²) < 4.78 is 31.2. The quantitative estimate of drug-likeness (QED) is 0.385. The third-order valence-electron chi connectivity index (χ3n) is 6.27. The zero-order valence-electron chi connectivity index (χ0n) is 20.0. The van der Waals surface area contributed by atoms with Gasteiger partial charge in [0.25, 0.3) is 0 Å². The fraction of sp³-hybridized carbons (Fsp3) is 0.222. The molecule has 0 saturated heterocycles. The average Bonchev–Trinajstić information content (AvgIpc) is 2.92. The molecule has 0 saturated carbocycles. The summed E-state index contributed by atoms with van der Waals surface area (Å²) >= 11 is 0. The summed E-state index contributed by atoms with van der Waals surface area (Å²) in [6, 6.07) is 18.8. The normalized spacial score (nSPS) is 13.7. The number of aromatic nitrogens is 3. The van der Waals surface area contributed by atoms with E-state index < -0.39 is 9.84 Å². The van der Waals surface area contributed by atoms with Crippen LogP contribution >= 0.6 is 0 Å². The number of ether oxygens (including phenoxy) is 1. The Labute approximate surface area is 210 Å². The number of nitrogens with zero attached hydrogens (tertiary/aromatic N) is 4. The number of methoxy groups -OCH3 is 1. The van der Waals surface area contributed by atoms with Gasteiger partial charge in [0.1, 0.15) is 0 Å². The zero-order valence-corrected chi connectivity index (χ0v) is 20.8. The molecule has 3 heterocycles. The number of hydrogen-bond acceptors (Lipinski definition) is 8. The average molecular weight is 502 g/mol. The summed E-state index contributed by atoms with van der Waals surface area (Å²) in [6.07, 6.45) is 6.03. The van der Waals surface area contributed by atoms with E-state index in [0.29, 0.717) is 24.1 Å². The Morgan fingerprint density at radius 2 is 1.69 bits per heavy atom. The van der Waals surface area contributed by atoms with Crippen molar-refractivity contribution in [1.82, 2.24) is 19.9 Å². The second kappa shape index (κ2) is 10.4. The monoisotopic (exact) mass is 501 g/mol. The molecule has 184 valence electrons. The lowest BCUT2D eigenvalue weighted by Gasteiger charge is -2.28. The molecule has 0 fully saturated rings. The molecule has 1 aliphatic rings. The van der Waals surface area contributed by atoms with E-state index in [4.69, 9.17) is 4.74 Å². The van der Waals surface area contributed by atoms with Gasteiger partial charge in [0.05, 0.1) is 17.8 Å². The lowest BCUT2D eigenvalue weighted by Crippen LogP contribution is -2.34. The number of fused-ring (bicyclic) bond motifs is 1. The van der Waals surface area contributed by atoms with E-state index in [1.165, 1.54) is 11.1 Å². The topological polar surface area (TPSA) is 97.3 Å². The highest BCUT2D eigenvalue weighted by atomic mass is 32.2. The van der Waals surface area contributed by atoms with Crippen LogP contribution in [0.3, 0.4) is 0 Å². The van der Waals surface area contributed by atoms with Gasteiger partial charge in [0.15, 0.2) is 9.84 Å². The Hall–Kier alpha value is -3.82. The van der Waals surface area contributed by atoms with Crippen molar-refractivity contribution < 1.29 is 13.2 Å². The van der Waals surface area contributed by atoms with E-state index in [9.17, 15) is 8.42 Å². The van der Waals surface area contributed by atoms with E-state index in [0.717, 1.165) is 30.6 Å². The van der Waals surface area contributed by atoms with E-state index in [1.807, 2.05) is 12.1 Å². The summed E-state index contributed by atoms with van der Waals surface area (Å²) in [5.41, 5.74) is 4.93. The molecule has 8 nitrogen and oxygen atoms in total. The minimum absolute atomic E-state index is 0.0692. The minimum Gasteiger partial charge on any atom is -0.481 e. The lowest BCUT2D eigenvalue weighted by atomic mass is 10.0. The van der Waals surface area contributed by atoms with Crippen LogP contribution in [0.1, 0.15) is 11.1 Å². The summed E-state index contributed by atoms with van der Waals surface area (Å²) in [5.74, 6) is 0.982. The molecule has 0 atom stereocenters. The molecule has 0 aliphatic carbocycles. The van der Waals surface area contributed by atoms with Gasteiger partial charge >= 0.3 is 0 Å². The minimum atomic E-state index is -3.44. The van der Waals surface area contributed by atoms with Gasteiger partial charge in [-0.15, -0.1) is 0 Å². The van der Waals surface area contributed by atoms with Crippen molar-refractivity contribution in [3.05, 3.63) is 90.4 Å². The van der Waals surface area contributed by atoms with Gasteiger partial charge < -0.3 is 10.1 Å². The molecular formula is C27H27N5O3S. The Kier molecular flexibility index (Phi) is 6.92. The van der Waals surface area contributed by atoms with Crippen LogP contribution in [0.25, 0.3) is 11.1 Å². The molecule has 0 radical (unpaired) electrons. The third kappa shape index (κ3) is 5.53. The highest BCUT2D eigenvalue weighted by Crippen LogP contribution is 2.23. The van der Waals surface area contributed by atoms with Crippen LogP contribution in [-0.2, 0) is 22.8 Å². The molecule has 2 aromatic heterocycles. The molecule has 36 heavy (non-hydrogen) atoms. The van der Waals surface area contributed by atoms with Gasteiger partial charge in [-0.3, -0.25) is 4.90 Å². The molecule has 0 unspecified atom stereocenters. The van der Waals surface area contributed by atoms with Crippen LogP contribution in [0, 0.1) is 0 Å². The standard InChI is InChI=1S/C27H27N5O3S/c1-35-26-10-9-21(16-28-26)23-17-29-27(30-18-23)31-24-7-4-8-25(15-24)36(33,34)14-13-32-12-11-20-5-2-3-6-22(20)19-32/h2-10,15-18H,11-14,19H2,1H3,(H,29,30,31). The Bertz CT molecular complexity index is 1440. The molecule has 1 N–H and O–H groups in total. The van der Waals surface area contributed by atoms with Gasteiger partial charge in [0.2, 0.25) is 11.8 Å². The molecule has 9 heteroatoms. The molecule has 1 aliphatic heterocycles. The van der Waals surface area contributed by atoms with E-state index in [1.54, 1.807) is 56.0 Å². The number of nitrogens with one attached hydrogen (secondary N) is 1. The fourth-order valence-electron chi connectivity index (χ4n) is 4.22. The second-order valence-corrected chi connectivity index (χ2v) is 10.8. The number of hydrogen-bond donors (Lipinski definition) is 1. The first-order valence-corrected chi connectivity index (χ1v) is 13.4. The Morgan fingerprint density at radius 1 is 0.917 bits per heavy atom. The van der Waals surface area contributed by atoms with Crippen LogP contribution in [0.5, 0.6) is 5.88 Å². The number of pyridine rings is 1. The maximum atomic E-state index is 13.1. The van der Waals surface area contributed by atoms with E-state index in [-0.39, 0.29) is 10.6 Å². The zero-order chi connectivity index (χ0) is 25.0. The SMILES string of the molecule is COc1ccc(-c2cnc(Nc3cccc(S(=O)(=O)CCN4CCc5ccccc5C4)c3)nc2)cn1. The van der Waals surface area contributed by atoms with Crippen molar-refractivity contribution in [2.24, 2.45) is 0 Å². The van der Waals surface area contributed by atoms with Crippen LogP contribution in [0.15, 0.2) is 84.1 Å². The molecule has 0 amide bonds. The van der Waals surface area contributed by atoms with Gasteiger partial charge in [-0.05, 0) is 41.8 Å². The van der Waals surface area contributed by atoms with Gasteiger partial charge in [-0.2, -0.15) is 0 Å². The largest absolute Gasteiger partial charge is 0.481 e. The summed E-state index contributed by atoms with van der Waals surface area (Å²) in [6.45, 7) is 2.15. The van der Waals surface area contributed by atoms with Gasteiger partial charge in [-0.1, -0.05) is 30.3 Å². The van der Waals surface area contributed by atoms with Crippen molar-refractivity contribution >= 4 is 21.5 Å². The Balaban J connectivity index is 1.22. The summed E-state index contributed by atoms with van der Waals surface area (Å²) in [5, 5.41) is 3.10. The van der Waals surface area contributed by atoms with Crippen molar-refractivity contribution in [2.45, 2.75) is 17.9 Å². The van der Waals surface area contributed by atoms with Crippen LogP contribution in [0.4, 0.5) is 11.6 Å². The maximum Gasteiger partial charge on any atom is 0.227 e. The van der Waals surface area contributed by atoms with Crippen LogP contribution < -0.4 is 10.1 Å². The third-order valence-corrected chi connectivity index (χ3v) is 7.96. The fourth-order valence-corrected chi connectivity index (χ4v) is 5.55. The highest BCUT2D eigenvalue weighted by Gasteiger charge is 2.20. The van der Waals surface area contributed by atoms with Crippen LogP contribution in [-0.4, -0.2) is 54.2 Å². The first-order valence-electron chi connectivity index (χ1n) is 11.7. The molecule has 2 aromatic carbocycles. The van der Waals surface area contributed by atoms with Crippen molar-refractivity contribution in [1.29, 1.82) is 0 Å². The number of sulfone groups is 1. The summed E-state index contributed by atoms with van der Waals surface area (Å²) in [7, 11) is -1.87. The van der Waals surface area contributed by atoms with Crippen LogP contribution in [0.2, 0.25) is 0 Å². The molecule has 0 bridgehead atoms. The number of anilines is 2. The van der Waals surface area contributed by atoms with Crippen molar-refractivity contribution in [3.63, 3.8) is 0 Å².